The SMILES string of the molecule is CS(=O)(=O)N1CCCN(Cc2cc3c(N4CCOCC4)nc(-c4cccc5[nH]ncc45)nc3s2)CC1. The van der Waals surface area contributed by atoms with Crippen molar-refractivity contribution < 1.29 is 13.2 Å². The average molecular weight is 528 g/mol. The maximum absolute atomic E-state index is 12.0. The van der Waals surface area contributed by atoms with E-state index in [4.69, 9.17) is 14.7 Å². The number of hydrogen-bond donors (Lipinski definition) is 1. The molecule has 0 amide bonds. The van der Waals surface area contributed by atoms with Gasteiger partial charge in [-0.2, -0.15) is 5.10 Å². The van der Waals surface area contributed by atoms with Crippen molar-refractivity contribution in [3.05, 3.63) is 35.3 Å². The van der Waals surface area contributed by atoms with Crippen molar-refractivity contribution >= 4 is 48.3 Å². The second-order valence-electron chi connectivity index (χ2n) is 9.33. The summed E-state index contributed by atoms with van der Waals surface area (Å²) in [6, 6.07) is 8.26. The lowest BCUT2D eigenvalue weighted by molar-refractivity contribution is 0.122. The summed E-state index contributed by atoms with van der Waals surface area (Å²) in [6.45, 7) is 6.42. The fourth-order valence-electron chi connectivity index (χ4n) is 4.99. The molecule has 2 fully saturated rings. The van der Waals surface area contributed by atoms with E-state index < -0.39 is 10.0 Å². The van der Waals surface area contributed by atoms with Crippen LogP contribution >= 0.6 is 11.3 Å². The average Bonchev–Trinajstić information content (AvgIpc) is 3.44. The van der Waals surface area contributed by atoms with Gasteiger partial charge in [-0.1, -0.05) is 12.1 Å². The number of hydrogen-bond acceptors (Lipinski definition) is 9. The third-order valence-corrected chi connectivity index (χ3v) is 9.17. The van der Waals surface area contributed by atoms with Crippen LogP contribution in [0.1, 0.15) is 11.3 Å². The fourth-order valence-corrected chi connectivity index (χ4v) is 6.93. The van der Waals surface area contributed by atoms with Gasteiger partial charge in [0, 0.05) is 55.1 Å². The zero-order valence-corrected chi connectivity index (χ0v) is 21.8. The van der Waals surface area contributed by atoms with Gasteiger partial charge in [0.1, 0.15) is 10.6 Å². The summed E-state index contributed by atoms with van der Waals surface area (Å²) in [5.74, 6) is 1.64. The van der Waals surface area contributed by atoms with Crippen LogP contribution in [0.5, 0.6) is 0 Å². The van der Waals surface area contributed by atoms with Crippen LogP contribution in [-0.4, -0.2) is 96.5 Å². The summed E-state index contributed by atoms with van der Waals surface area (Å²) in [4.78, 5) is 16.9. The van der Waals surface area contributed by atoms with Crippen LogP contribution < -0.4 is 4.90 Å². The molecule has 36 heavy (non-hydrogen) atoms. The molecule has 0 saturated carbocycles. The topological polar surface area (TPSA) is 108 Å². The molecule has 0 radical (unpaired) electrons. The minimum Gasteiger partial charge on any atom is -0.378 e. The number of fused-ring (bicyclic) bond motifs is 2. The molecule has 5 heterocycles. The summed E-state index contributed by atoms with van der Waals surface area (Å²) in [5.41, 5.74) is 1.92. The lowest BCUT2D eigenvalue weighted by Gasteiger charge is -2.28. The molecule has 1 N–H and O–H groups in total. The Labute approximate surface area is 213 Å². The van der Waals surface area contributed by atoms with Crippen LogP contribution in [0.2, 0.25) is 0 Å². The van der Waals surface area contributed by atoms with E-state index in [1.807, 2.05) is 24.4 Å². The van der Waals surface area contributed by atoms with E-state index in [1.54, 1.807) is 15.6 Å². The highest BCUT2D eigenvalue weighted by Crippen LogP contribution is 2.35. The normalized spacial score (nSPS) is 18.8. The molecule has 1 aromatic carbocycles. The third kappa shape index (κ3) is 4.71. The first-order valence-electron chi connectivity index (χ1n) is 12.2. The highest BCUT2D eigenvalue weighted by molar-refractivity contribution is 7.88. The fraction of sp³-hybridized carbons (Fsp3) is 0.458. The number of sulfonamides is 1. The van der Waals surface area contributed by atoms with Crippen LogP contribution in [0.15, 0.2) is 30.5 Å². The van der Waals surface area contributed by atoms with Gasteiger partial charge in [-0.15, -0.1) is 11.3 Å². The lowest BCUT2D eigenvalue weighted by Crippen LogP contribution is -2.37. The summed E-state index contributed by atoms with van der Waals surface area (Å²) in [7, 11) is -3.16. The second kappa shape index (κ2) is 9.67. The molecule has 0 spiro atoms. The Bertz CT molecular complexity index is 1490. The van der Waals surface area contributed by atoms with Gasteiger partial charge in [0.05, 0.1) is 36.6 Å². The molecule has 6 rings (SSSR count). The van der Waals surface area contributed by atoms with Crippen molar-refractivity contribution in [1.82, 2.24) is 29.4 Å². The number of rotatable bonds is 5. The molecular weight excluding hydrogens is 498 g/mol. The number of nitrogens with zero attached hydrogens (tertiary/aromatic N) is 6. The van der Waals surface area contributed by atoms with Gasteiger partial charge in [0.15, 0.2) is 5.82 Å². The van der Waals surface area contributed by atoms with E-state index in [0.29, 0.717) is 32.1 Å². The maximum atomic E-state index is 12.0. The molecule has 2 aliphatic rings. The first-order valence-corrected chi connectivity index (χ1v) is 14.9. The van der Waals surface area contributed by atoms with E-state index >= 15 is 0 Å². The number of H-pyrrole nitrogens is 1. The highest BCUT2D eigenvalue weighted by atomic mass is 32.2. The molecule has 12 heteroatoms. The van der Waals surface area contributed by atoms with Gasteiger partial charge >= 0.3 is 0 Å². The predicted molar refractivity (Wildman–Crippen MR) is 142 cm³/mol. The quantitative estimate of drug-likeness (QED) is 0.422. The van der Waals surface area contributed by atoms with Crippen LogP contribution in [-0.2, 0) is 21.3 Å². The van der Waals surface area contributed by atoms with Crippen LogP contribution in [0.3, 0.4) is 0 Å². The van der Waals surface area contributed by atoms with E-state index in [1.165, 1.54) is 11.1 Å². The van der Waals surface area contributed by atoms with Gasteiger partial charge in [0.25, 0.3) is 0 Å². The zero-order valence-electron chi connectivity index (χ0n) is 20.2. The number of thiophene rings is 1. The molecule has 0 bridgehead atoms. The van der Waals surface area contributed by atoms with E-state index in [0.717, 1.165) is 71.6 Å². The van der Waals surface area contributed by atoms with E-state index in [9.17, 15) is 8.42 Å². The van der Waals surface area contributed by atoms with Gasteiger partial charge in [0.2, 0.25) is 10.0 Å². The maximum Gasteiger partial charge on any atom is 0.211 e. The largest absolute Gasteiger partial charge is 0.378 e. The minimum atomic E-state index is -3.16. The van der Waals surface area contributed by atoms with Crippen molar-refractivity contribution in [2.45, 2.75) is 13.0 Å². The molecule has 0 atom stereocenters. The molecule has 0 aliphatic carbocycles. The van der Waals surface area contributed by atoms with Crippen LogP contribution in [0, 0.1) is 0 Å². The summed E-state index contributed by atoms with van der Waals surface area (Å²) < 4.78 is 31.2. The number of aromatic amines is 1. The van der Waals surface area contributed by atoms with Crippen molar-refractivity contribution in [2.75, 3.05) is 63.6 Å². The molecule has 0 unspecified atom stereocenters. The second-order valence-corrected chi connectivity index (χ2v) is 12.4. The summed E-state index contributed by atoms with van der Waals surface area (Å²) in [6.07, 6.45) is 3.95. The molecule has 3 aromatic heterocycles. The number of anilines is 1. The van der Waals surface area contributed by atoms with Gasteiger partial charge in [-0.25, -0.2) is 22.7 Å². The standard InChI is InChI=1S/C24H29N7O3S2/c1-36(32,33)31-7-3-6-29(8-9-31)16-17-14-19-23(30-10-12-34-13-11-30)26-22(27-24(19)35-17)18-4-2-5-21-20(18)15-25-28-21/h2,4-5,14-15H,3,6-13,16H2,1H3,(H,25,28). The van der Waals surface area contributed by atoms with Crippen LogP contribution in [0.25, 0.3) is 32.5 Å². The van der Waals surface area contributed by atoms with Crippen molar-refractivity contribution in [2.24, 2.45) is 0 Å². The number of morpholine rings is 1. The smallest absolute Gasteiger partial charge is 0.211 e. The Morgan fingerprint density at radius 3 is 2.75 bits per heavy atom. The van der Waals surface area contributed by atoms with Crippen molar-refractivity contribution in [3.8, 4) is 11.4 Å². The third-order valence-electron chi connectivity index (χ3n) is 6.86. The van der Waals surface area contributed by atoms with E-state index in [-0.39, 0.29) is 0 Å². The summed E-state index contributed by atoms with van der Waals surface area (Å²) in [5, 5.41) is 9.31. The first kappa shape index (κ1) is 23.7. The Balaban J connectivity index is 1.36. The van der Waals surface area contributed by atoms with E-state index in [2.05, 4.69) is 26.1 Å². The first-order chi connectivity index (χ1) is 17.5. The van der Waals surface area contributed by atoms with Crippen LogP contribution in [0.4, 0.5) is 5.82 Å². The van der Waals surface area contributed by atoms with Gasteiger partial charge < -0.3 is 9.64 Å². The van der Waals surface area contributed by atoms with Crippen molar-refractivity contribution in [3.63, 3.8) is 0 Å². The number of benzene rings is 1. The van der Waals surface area contributed by atoms with Crippen molar-refractivity contribution in [1.29, 1.82) is 0 Å². The Morgan fingerprint density at radius 2 is 1.92 bits per heavy atom. The lowest BCUT2D eigenvalue weighted by atomic mass is 10.1. The molecular formula is C24H29N7O3S2. The number of nitrogens with one attached hydrogen (secondary N) is 1. The Hall–Kier alpha value is -2.64. The number of aromatic nitrogens is 4. The predicted octanol–water partition coefficient (Wildman–Crippen LogP) is 2.54. The Kier molecular flexibility index (Phi) is 6.38. The van der Waals surface area contributed by atoms with Gasteiger partial charge in [-0.3, -0.25) is 10.00 Å². The molecule has 2 saturated heterocycles. The molecule has 190 valence electrons. The van der Waals surface area contributed by atoms with Gasteiger partial charge in [-0.05, 0) is 25.1 Å². The zero-order chi connectivity index (χ0) is 24.7. The monoisotopic (exact) mass is 527 g/mol. The number of ether oxygens (including phenoxy) is 1. The molecule has 2 aliphatic heterocycles. The Morgan fingerprint density at radius 1 is 1.06 bits per heavy atom. The highest BCUT2D eigenvalue weighted by Gasteiger charge is 2.24. The molecule has 4 aromatic rings. The summed E-state index contributed by atoms with van der Waals surface area (Å²) >= 11 is 1.69. The minimum absolute atomic E-state index is 0.529. The molecule has 10 nitrogen and oxygen atoms in total.